The summed E-state index contributed by atoms with van der Waals surface area (Å²) in [6.07, 6.45) is 71.4. The Morgan fingerprint density at radius 3 is 0.704 bits per heavy atom. The first-order chi connectivity index (χ1) is 35.0. The van der Waals surface area contributed by atoms with Gasteiger partial charge in [0, 0.05) is 19.3 Å². The molecule has 0 fully saturated rings. The van der Waals surface area contributed by atoms with Crippen LogP contribution in [0.3, 0.4) is 0 Å². The van der Waals surface area contributed by atoms with E-state index in [0.717, 1.165) is 64.2 Å². The molecule has 0 radical (unpaired) electrons. The van der Waals surface area contributed by atoms with E-state index in [0.29, 0.717) is 19.3 Å². The highest BCUT2D eigenvalue weighted by Crippen LogP contribution is 2.18. The summed E-state index contributed by atoms with van der Waals surface area (Å²) in [5.74, 6) is -0.857. The number of carbonyl (C=O) groups is 3. The molecule has 0 aliphatic heterocycles. The number of hydrogen-bond acceptors (Lipinski definition) is 6. The van der Waals surface area contributed by atoms with Crippen molar-refractivity contribution < 1.29 is 28.6 Å². The van der Waals surface area contributed by atoms with E-state index < -0.39 is 6.10 Å². The number of esters is 3. The van der Waals surface area contributed by atoms with Crippen molar-refractivity contribution >= 4 is 17.9 Å². The molecule has 0 rings (SSSR count). The van der Waals surface area contributed by atoms with Crippen molar-refractivity contribution in [1.29, 1.82) is 0 Å². The first-order valence-electron chi connectivity index (χ1n) is 32.2. The molecule has 1 unspecified atom stereocenters. The molecule has 0 heterocycles. The van der Waals surface area contributed by atoms with Crippen LogP contribution in [-0.2, 0) is 28.6 Å². The first kappa shape index (κ1) is 69.2. The van der Waals surface area contributed by atoms with Gasteiger partial charge in [-0.15, -0.1) is 0 Å². The van der Waals surface area contributed by atoms with Gasteiger partial charge >= 0.3 is 17.9 Å². The number of allylic oxidation sites excluding steroid dienone is 2. The van der Waals surface area contributed by atoms with Gasteiger partial charge in [0.2, 0.25) is 0 Å². The fourth-order valence-electron chi connectivity index (χ4n) is 9.91. The molecule has 0 aromatic heterocycles. The lowest BCUT2D eigenvalue weighted by Crippen LogP contribution is -2.30. The summed E-state index contributed by atoms with van der Waals surface area (Å²) in [6, 6.07) is 0. The first-order valence-corrected chi connectivity index (χ1v) is 32.2. The Labute approximate surface area is 443 Å². The van der Waals surface area contributed by atoms with Crippen molar-refractivity contribution in [2.24, 2.45) is 0 Å². The highest BCUT2D eigenvalue weighted by atomic mass is 16.6. The Kier molecular flexibility index (Phi) is 59.1. The third-order valence-electron chi connectivity index (χ3n) is 14.8. The molecule has 0 saturated heterocycles. The smallest absolute Gasteiger partial charge is 0.306 e. The van der Waals surface area contributed by atoms with E-state index in [1.165, 1.54) is 263 Å². The second-order valence-electron chi connectivity index (χ2n) is 22.0. The Morgan fingerprint density at radius 2 is 0.465 bits per heavy atom. The molecule has 6 heteroatoms. The highest BCUT2D eigenvalue weighted by Gasteiger charge is 2.19. The van der Waals surface area contributed by atoms with Gasteiger partial charge in [-0.05, 0) is 44.9 Å². The number of rotatable bonds is 60. The van der Waals surface area contributed by atoms with E-state index in [2.05, 4.69) is 32.9 Å². The number of carbonyl (C=O) groups excluding carboxylic acids is 3. The lowest BCUT2D eigenvalue weighted by molar-refractivity contribution is -0.167. The normalized spacial score (nSPS) is 12.0. The minimum absolute atomic E-state index is 0.0660. The van der Waals surface area contributed by atoms with Crippen LogP contribution in [0.5, 0.6) is 0 Å². The molecule has 0 aromatic carbocycles. The van der Waals surface area contributed by atoms with Crippen molar-refractivity contribution in [2.45, 2.75) is 374 Å². The zero-order chi connectivity index (χ0) is 51.4. The van der Waals surface area contributed by atoms with Gasteiger partial charge in [-0.25, -0.2) is 0 Å². The lowest BCUT2D eigenvalue weighted by Gasteiger charge is -2.18. The van der Waals surface area contributed by atoms with Crippen LogP contribution in [0.15, 0.2) is 12.2 Å². The van der Waals surface area contributed by atoms with Crippen LogP contribution in [0.25, 0.3) is 0 Å². The Morgan fingerprint density at radius 1 is 0.268 bits per heavy atom. The van der Waals surface area contributed by atoms with E-state index in [1.54, 1.807) is 0 Å². The summed E-state index contributed by atoms with van der Waals surface area (Å²) in [4.78, 5) is 37.9. The number of ether oxygens (including phenoxy) is 3. The van der Waals surface area contributed by atoms with Crippen molar-refractivity contribution in [3.8, 4) is 0 Å². The molecule has 0 amide bonds. The van der Waals surface area contributed by atoms with E-state index in [9.17, 15) is 14.4 Å². The zero-order valence-corrected chi connectivity index (χ0v) is 48.3. The molecule has 0 N–H and O–H groups in total. The topological polar surface area (TPSA) is 78.9 Å². The molecule has 0 aliphatic carbocycles. The zero-order valence-electron chi connectivity index (χ0n) is 48.3. The Balaban J connectivity index is 3.96. The van der Waals surface area contributed by atoms with E-state index in [1.807, 2.05) is 0 Å². The quantitative estimate of drug-likeness (QED) is 0.0261. The average Bonchev–Trinajstić information content (AvgIpc) is 3.37. The van der Waals surface area contributed by atoms with Gasteiger partial charge in [-0.3, -0.25) is 14.4 Å². The van der Waals surface area contributed by atoms with E-state index >= 15 is 0 Å². The van der Waals surface area contributed by atoms with Crippen molar-refractivity contribution in [2.75, 3.05) is 13.2 Å². The van der Waals surface area contributed by atoms with Gasteiger partial charge in [0.1, 0.15) is 13.2 Å². The van der Waals surface area contributed by atoms with Gasteiger partial charge in [0.05, 0.1) is 0 Å². The highest BCUT2D eigenvalue weighted by molar-refractivity contribution is 5.71. The van der Waals surface area contributed by atoms with Gasteiger partial charge in [0.25, 0.3) is 0 Å². The van der Waals surface area contributed by atoms with E-state index in [4.69, 9.17) is 14.2 Å². The van der Waals surface area contributed by atoms with Crippen LogP contribution in [0, 0.1) is 0 Å². The molecule has 71 heavy (non-hydrogen) atoms. The molecular weight excluding hydrogens is 877 g/mol. The van der Waals surface area contributed by atoms with Gasteiger partial charge in [-0.2, -0.15) is 0 Å². The predicted molar refractivity (Wildman–Crippen MR) is 307 cm³/mol. The van der Waals surface area contributed by atoms with Gasteiger partial charge in [0.15, 0.2) is 6.10 Å². The molecule has 0 spiro atoms. The van der Waals surface area contributed by atoms with Crippen molar-refractivity contribution in [3.63, 3.8) is 0 Å². The standard InChI is InChI=1S/C65H124O6/c1-4-7-10-13-15-17-19-21-23-25-27-29-30-31-32-33-34-36-37-39-41-43-45-47-49-52-55-58-64(67)70-61-62(60-69-63(66)57-54-51-12-9-6-3)71-65(68)59-56-53-50-48-46-44-42-40-38-35-28-26-24-22-20-18-16-14-11-8-5-2/h26,28,62H,4-25,27,29-61H2,1-3H3/b28-26-. The summed E-state index contributed by atoms with van der Waals surface area (Å²) in [5.41, 5.74) is 0. The largest absolute Gasteiger partial charge is 0.462 e. The summed E-state index contributed by atoms with van der Waals surface area (Å²) in [5, 5.41) is 0. The molecule has 420 valence electrons. The molecule has 0 saturated carbocycles. The average molecular weight is 1000 g/mol. The third-order valence-corrected chi connectivity index (χ3v) is 14.8. The van der Waals surface area contributed by atoms with Crippen molar-refractivity contribution in [1.82, 2.24) is 0 Å². The second-order valence-corrected chi connectivity index (χ2v) is 22.0. The van der Waals surface area contributed by atoms with Crippen LogP contribution < -0.4 is 0 Å². The molecular formula is C65H124O6. The maximum Gasteiger partial charge on any atom is 0.306 e. The third kappa shape index (κ3) is 58.9. The van der Waals surface area contributed by atoms with Crippen LogP contribution in [0.2, 0.25) is 0 Å². The predicted octanol–water partition coefficient (Wildman–Crippen LogP) is 21.7. The second kappa shape index (κ2) is 60.7. The minimum Gasteiger partial charge on any atom is -0.462 e. The maximum absolute atomic E-state index is 12.8. The number of unbranched alkanes of at least 4 members (excludes halogenated alkanes) is 47. The molecule has 0 aromatic rings. The van der Waals surface area contributed by atoms with Crippen LogP contribution >= 0.6 is 0 Å². The summed E-state index contributed by atoms with van der Waals surface area (Å²) in [7, 11) is 0. The minimum atomic E-state index is -0.764. The Bertz CT molecular complexity index is 1100. The van der Waals surface area contributed by atoms with Crippen LogP contribution in [-0.4, -0.2) is 37.2 Å². The van der Waals surface area contributed by atoms with Gasteiger partial charge in [-0.1, -0.05) is 315 Å². The SMILES string of the molecule is CCCCCCCCCC/C=C\CCCCCCCCCCCC(=O)OC(COC(=O)CCCCCCC)COC(=O)CCCCCCCCCCCCCCCCCCCCCCCCCCCCC. The summed E-state index contributed by atoms with van der Waals surface area (Å²) < 4.78 is 16.8. The number of hydrogen-bond donors (Lipinski definition) is 0. The molecule has 1 atom stereocenters. The van der Waals surface area contributed by atoms with Crippen molar-refractivity contribution in [3.05, 3.63) is 12.2 Å². The summed E-state index contributed by atoms with van der Waals surface area (Å²) >= 11 is 0. The molecule has 0 aliphatic rings. The van der Waals surface area contributed by atoms with Gasteiger partial charge < -0.3 is 14.2 Å². The molecule has 6 nitrogen and oxygen atoms in total. The van der Waals surface area contributed by atoms with E-state index in [-0.39, 0.29) is 31.1 Å². The fraction of sp³-hybridized carbons (Fsp3) is 0.923. The van der Waals surface area contributed by atoms with Crippen LogP contribution in [0.4, 0.5) is 0 Å². The maximum atomic E-state index is 12.8. The summed E-state index contributed by atoms with van der Waals surface area (Å²) in [6.45, 7) is 6.62. The fourth-order valence-corrected chi connectivity index (χ4v) is 9.91. The Hall–Kier alpha value is -1.85. The lowest BCUT2D eigenvalue weighted by atomic mass is 10.0. The monoisotopic (exact) mass is 1000 g/mol. The van der Waals surface area contributed by atoms with Crippen LogP contribution in [0.1, 0.15) is 367 Å². The molecule has 0 bridgehead atoms.